The van der Waals surface area contributed by atoms with Gasteiger partial charge in [-0.15, -0.1) is 0 Å². The Hall–Kier alpha value is -1.06. The van der Waals surface area contributed by atoms with E-state index in [1.165, 1.54) is 18.4 Å². The standard InChI is InChI=1S/C16H25NO2/c1-17(12-14-7-3-4-9-16(14)18)11-13-6-5-8-15(10-13)19-2/h5-6,8,10,14,16,18H,3-4,7,9,11-12H2,1-2H3. The molecule has 1 aromatic carbocycles. The van der Waals surface area contributed by atoms with Crippen LogP contribution in [0.3, 0.4) is 0 Å². The van der Waals surface area contributed by atoms with E-state index in [2.05, 4.69) is 24.1 Å². The van der Waals surface area contributed by atoms with Crippen LogP contribution in [0.2, 0.25) is 0 Å². The van der Waals surface area contributed by atoms with Crippen LogP contribution in [0.15, 0.2) is 24.3 Å². The van der Waals surface area contributed by atoms with Crippen LogP contribution in [0.4, 0.5) is 0 Å². The highest BCUT2D eigenvalue weighted by Crippen LogP contribution is 2.25. The van der Waals surface area contributed by atoms with Crippen LogP contribution >= 0.6 is 0 Å². The van der Waals surface area contributed by atoms with Gasteiger partial charge >= 0.3 is 0 Å². The maximum Gasteiger partial charge on any atom is 0.119 e. The minimum Gasteiger partial charge on any atom is -0.497 e. The fourth-order valence-electron chi connectivity index (χ4n) is 2.95. The Kier molecular flexibility index (Phi) is 5.23. The molecule has 0 amide bonds. The molecule has 0 bridgehead atoms. The van der Waals surface area contributed by atoms with Crippen LogP contribution in [0, 0.1) is 5.92 Å². The lowest BCUT2D eigenvalue weighted by Gasteiger charge is -2.31. The van der Waals surface area contributed by atoms with Gasteiger partial charge in [0.05, 0.1) is 13.2 Å². The van der Waals surface area contributed by atoms with Gasteiger partial charge < -0.3 is 14.7 Å². The van der Waals surface area contributed by atoms with E-state index in [1.54, 1.807) is 7.11 Å². The van der Waals surface area contributed by atoms with Crippen molar-refractivity contribution >= 4 is 0 Å². The second kappa shape index (κ2) is 6.92. The van der Waals surface area contributed by atoms with Crippen molar-refractivity contribution in [3.05, 3.63) is 29.8 Å². The molecule has 19 heavy (non-hydrogen) atoms. The zero-order chi connectivity index (χ0) is 13.7. The van der Waals surface area contributed by atoms with Crippen LogP contribution in [-0.4, -0.2) is 36.8 Å². The number of hydrogen-bond donors (Lipinski definition) is 1. The van der Waals surface area contributed by atoms with E-state index < -0.39 is 0 Å². The maximum absolute atomic E-state index is 10.0. The number of aliphatic hydroxyl groups is 1. The third-order valence-corrected chi connectivity index (χ3v) is 4.00. The van der Waals surface area contributed by atoms with E-state index >= 15 is 0 Å². The average Bonchev–Trinajstić information content (AvgIpc) is 2.41. The second-order valence-corrected chi connectivity index (χ2v) is 5.66. The lowest BCUT2D eigenvalue weighted by Crippen LogP contribution is -2.34. The van der Waals surface area contributed by atoms with Gasteiger partial charge in [-0.1, -0.05) is 25.0 Å². The molecule has 1 N–H and O–H groups in total. The van der Waals surface area contributed by atoms with Gasteiger partial charge in [0, 0.05) is 13.1 Å². The fraction of sp³-hybridized carbons (Fsp3) is 0.625. The zero-order valence-electron chi connectivity index (χ0n) is 12.0. The predicted molar refractivity (Wildman–Crippen MR) is 77.3 cm³/mol. The summed E-state index contributed by atoms with van der Waals surface area (Å²) in [5.74, 6) is 1.34. The number of ether oxygens (including phenoxy) is 1. The Bertz CT molecular complexity index is 394. The van der Waals surface area contributed by atoms with Gasteiger partial charge in [-0.2, -0.15) is 0 Å². The molecule has 3 heteroatoms. The Morgan fingerprint density at radius 3 is 2.84 bits per heavy atom. The van der Waals surface area contributed by atoms with Crippen molar-refractivity contribution in [2.75, 3.05) is 20.7 Å². The Morgan fingerprint density at radius 2 is 2.11 bits per heavy atom. The SMILES string of the molecule is COc1cccc(CN(C)CC2CCCCC2O)c1. The molecule has 0 saturated heterocycles. The van der Waals surface area contributed by atoms with Crippen LogP contribution in [0.1, 0.15) is 31.2 Å². The molecule has 0 radical (unpaired) electrons. The molecular weight excluding hydrogens is 238 g/mol. The Morgan fingerprint density at radius 1 is 1.32 bits per heavy atom. The van der Waals surface area contributed by atoms with Crippen LogP contribution in [0.25, 0.3) is 0 Å². The molecule has 2 unspecified atom stereocenters. The van der Waals surface area contributed by atoms with Crippen LogP contribution in [0.5, 0.6) is 5.75 Å². The van der Waals surface area contributed by atoms with Gasteiger partial charge in [0.15, 0.2) is 0 Å². The number of hydrogen-bond acceptors (Lipinski definition) is 3. The van der Waals surface area contributed by atoms with E-state index in [0.29, 0.717) is 5.92 Å². The van der Waals surface area contributed by atoms with Crippen molar-refractivity contribution in [2.24, 2.45) is 5.92 Å². The molecule has 0 spiro atoms. The summed E-state index contributed by atoms with van der Waals surface area (Å²) in [7, 11) is 3.82. The molecule has 2 atom stereocenters. The monoisotopic (exact) mass is 263 g/mol. The smallest absolute Gasteiger partial charge is 0.119 e. The molecule has 1 fully saturated rings. The van der Waals surface area contributed by atoms with E-state index in [1.807, 2.05) is 12.1 Å². The fourth-order valence-corrected chi connectivity index (χ4v) is 2.95. The number of aliphatic hydroxyl groups excluding tert-OH is 1. The maximum atomic E-state index is 10.0. The number of methoxy groups -OCH3 is 1. The topological polar surface area (TPSA) is 32.7 Å². The van der Waals surface area contributed by atoms with Gasteiger partial charge in [0.25, 0.3) is 0 Å². The van der Waals surface area contributed by atoms with Gasteiger partial charge in [-0.3, -0.25) is 0 Å². The highest BCUT2D eigenvalue weighted by Gasteiger charge is 2.23. The lowest BCUT2D eigenvalue weighted by atomic mass is 9.86. The van der Waals surface area contributed by atoms with Crippen molar-refractivity contribution in [1.29, 1.82) is 0 Å². The predicted octanol–water partition coefficient (Wildman–Crippen LogP) is 2.68. The van der Waals surface area contributed by atoms with Crippen molar-refractivity contribution in [2.45, 2.75) is 38.3 Å². The van der Waals surface area contributed by atoms with Crippen LogP contribution in [-0.2, 0) is 6.54 Å². The van der Waals surface area contributed by atoms with Gasteiger partial charge in [0.2, 0.25) is 0 Å². The van der Waals surface area contributed by atoms with E-state index in [0.717, 1.165) is 31.7 Å². The first kappa shape index (κ1) is 14.4. The molecule has 1 aliphatic carbocycles. The largest absolute Gasteiger partial charge is 0.497 e. The molecule has 1 saturated carbocycles. The molecular formula is C16H25NO2. The summed E-state index contributed by atoms with van der Waals surface area (Å²) in [6.45, 7) is 1.87. The Labute approximate surface area is 116 Å². The summed E-state index contributed by atoms with van der Waals surface area (Å²) in [5.41, 5.74) is 1.26. The first-order valence-electron chi connectivity index (χ1n) is 7.18. The highest BCUT2D eigenvalue weighted by atomic mass is 16.5. The Balaban J connectivity index is 1.87. The number of benzene rings is 1. The van der Waals surface area contributed by atoms with Crippen LogP contribution < -0.4 is 4.74 Å². The molecule has 106 valence electrons. The molecule has 0 heterocycles. The quantitative estimate of drug-likeness (QED) is 0.886. The first-order chi connectivity index (χ1) is 9.19. The van der Waals surface area contributed by atoms with E-state index in [9.17, 15) is 5.11 Å². The number of nitrogens with zero attached hydrogens (tertiary/aromatic N) is 1. The second-order valence-electron chi connectivity index (χ2n) is 5.66. The molecule has 2 rings (SSSR count). The zero-order valence-corrected chi connectivity index (χ0v) is 12.0. The third-order valence-electron chi connectivity index (χ3n) is 4.00. The average molecular weight is 263 g/mol. The van der Waals surface area contributed by atoms with Gasteiger partial charge in [-0.25, -0.2) is 0 Å². The van der Waals surface area contributed by atoms with E-state index in [-0.39, 0.29) is 6.10 Å². The number of rotatable bonds is 5. The van der Waals surface area contributed by atoms with Crippen molar-refractivity contribution in [1.82, 2.24) is 4.90 Å². The minimum absolute atomic E-state index is 0.110. The van der Waals surface area contributed by atoms with Gasteiger partial charge in [0.1, 0.15) is 5.75 Å². The molecule has 1 aliphatic rings. The summed E-state index contributed by atoms with van der Waals surface area (Å²) >= 11 is 0. The molecule has 0 aromatic heterocycles. The van der Waals surface area contributed by atoms with Crippen molar-refractivity contribution in [3.8, 4) is 5.75 Å². The summed E-state index contributed by atoms with van der Waals surface area (Å²) in [4.78, 5) is 2.30. The highest BCUT2D eigenvalue weighted by molar-refractivity contribution is 5.28. The van der Waals surface area contributed by atoms with Crippen molar-refractivity contribution in [3.63, 3.8) is 0 Å². The summed E-state index contributed by atoms with van der Waals surface area (Å²) in [6, 6.07) is 8.19. The van der Waals surface area contributed by atoms with Crippen molar-refractivity contribution < 1.29 is 9.84 Å². The third kappa shape index (κ3) is 4.22. The summed E-state index contributed by atoms with van der Waals surface area (Å²) < 4.78 is 5.24. The first-order valence-corrected chi connectivity index (χ1v) is 7.18. The lowest BCUT2D eigenvalue weighted by molar-refractivity contribution is 0.0501. The van der Waals surface area contributed by atoms with E-state index in [4.69, 9.17) is 4.74 Å². The van der Waals surface area contributed by atoms with Gasteiger partial charge in [-0.05, 0) is 43.5 Å². The molecule has 3 nitrogen and oxygen atoms in total. The summed E-state index contributed by atoms with van der Waals surface area (Å²) in [6.07, 6.45) is 4.45. The molecule has 1 aromatic rings. The normalized spacial score (nSPS) is 23.6. The molecule has 0 aliphatic heterocycles. The minimum atomic E-state index is -0.110. The summed E-state index contributed by atoms with van der Waals surface area (Å²) in [5, 5.41) is 10.0.